The summed E-state index contributed by atoms with van der Waals surface area (Å²) in [7, 11) is 1.74. The van der Waals surface area contributed by atoms with E-state index >= 15 is 0 Å². The van der Waals surface area contributed by atoms with E-state index in [2.05, 4.69) is 10.6 Å². The van der Waals surface area contributed by atoms with Crippen molar-refractivity contribution in [3.8, 4) is 5.69 Å². The van der Waals surface area contributed by atoms with Crippen molar-refractivity contribution in [2.75, 3.05) is 10.6 Å². The van der Waals surface area contributed by atoms with Gasteiger partial charge in [0.05, 0.1) is 22.6 Å². The predicted molar refractivity (Wildman–Crippen MR) is 135 cm³/mol. The zero-order valence-corrected chi connectivity index (χ0v) is 19.7. The molecule has 0 saturated carbocycles. The van der Waals surface area contributed by atoms with Gasteiger partial charge < -0.3 is 15.4 Å². The molecule has 0 unspecified atom stereocenters. The molecule has 0 fully saturated rings. The molecular weight excluding hydrogens is 444 g/mol. The van der Waals surface area contributed by atoms with Gasteiger partial charge in [0, 0.05) is 12.7 Å². The highest BCUT2D eigenvalue weighted by atomic mass is 16.5. The third-order valence-electron chi connectivity index (χ3n) is 5.66. The minimum atomic E-state index is -1.13. The van der Waals surface area contributed by atoms with E-state index in [1.807, 2.05) is 48.5 Å². The molecule has 8 heteroatoms. The quantitative estimate of drug-likeness (QED) is 0.390. The van der Waals surface area contributed by atoms with Crippen molar-refractivity contribution >= 4 is 28.9 Å². The second-order valence-electron chi connectivity index (χ2n) is 8.01. The minimum Gasteiger partial charge on any atom is -0.449 e. The Morgan fingerprint density at radius 1 is 0.886 bits per heavy atom. The summed E-state index contributed by atoms with van der Waals surface area (Å²) < 4.78 is 8.57. The molecule has 3 aromatic carbocycles. The van der Waals surface area contributed by atoms with E-state index in [4.69, 9.17) is 4.74 Å². The zero-order chi connectivity index (χ0) is 24.9. The maximum Gasteiger partial charge on any atom is 0.341 e. The maximum absolute atomic E-state index is 13.0. The van der Waals surface area contributed by atoms with Gasteiger partial charge in [-0.3, -0.25) is 14.3 Å². The van der Waals surface area contributed by atoms with Crippen LogP contribution in [0.2, 0.25) is 0 Å². The predicted octanol–water partition coefficient (Wildman–Crippen LogP) is 4.41. The van der Waals surface area contributed by atoms with Crippen LogP contribution in [0, 0.1) is 6.92 Å². The van der Waals surface area contributed by atoms with Gasteiger partial charge in [0.25, 0.3) is 11.5 Å². The summed E-state index contributed by atoms with van der Waals surface area (Å²) in [6.07, 6.45) is -1.13. The molecule has 8 nitrogen and oxygen atoms in total. The molecule has 0 radical (unpaired) electrons. The van der Waals surface area contributed by atoms with Gasteiger partial charge in [-0.2, -0.15) is 0 Å². The molecular formula is C27H26N4O4. The molecule has 0 bridgehead atoms. The summed E-state index contributed by atoms with van der Waals surface area (Å²) in [5.74, 6) is -1.25. The number of nitrogens with zero attached hydrogens (tertiary/aromatic N) is 2. The molecule has 4 rings (SSSR count). The van der Waals surface area contributed by atoms with Crippen LogP contribution in [0.4, 0.5) is 17.1 Å². The number of rotatable bonds is 7. The fourth-order valence-electron chi connectivity index (χ4n) is 3.66. The van der Waals surface area contributed by atoms with Crippen LogP contribution in [0.5, 0.6) is 0 Å². The number of carbonyl (C=O) groups is 2. The van der Waals surface area contributed by atoms with Crippen molar-refractivity contribution in [2.45, 2.75) is 20.0 Å². The van der Waals surface area contributed by atoms with Crippen LogP contribution in [0.25, 0.3) is 5.69 Å². The average molecular weight is 471 g/mol. The van der Waals surface area contributed by atoms with E-state index in [0.717, 1.165) is 5.69 Å². The van der Waals surface area contributed by atoms with Gasteiger partial charge >= 0.3 is 5.97 Å². The first-order chi connectivity index (χ1) is 16.9. The Bertz CT molecular complexity index is 1410. The number of aromatic nitrogens is 2. The molecule has 0 spiro atoms. The Morgan fingerprint density at radius 3 is 2.17 bits per heavy atom. The van der Waals surface area contributed by atoms with Crippen molar-refractivity contribution in [3.05, 3.63) is 107 Å². The summed E-state index contributed by atoms with van der Waals surface area (Å²) >= 11 is 0. The van der Waals surface area contributed by atoms with Gasteiger partial charge in [0.2, 0.25) is 0 Å². The first-order valence-electron chi connectivity index (χ1n) is 11.1. The standard InChI is InChI=1S/C27H26N4O4/c1-18-24(26(33)31(30(18)3)21-14-8-5-9-15-21)29-25(32)19(2)35-27(34)22-16-10-11-17-23(22)28-20-12-6-4-7-13-20/h4-17,19,28H,1-3H3,(H,29,32)/t19-/m0/s1. The van der Waals surface area contributed by atoms with E-state index in [1.54, 1.807) is 55.1 Å². The summed E-state index contributed by atoms with van der Waals surface area (Å²) in [6.45, 7) is 3.20. The Kier molecular flexibility index (Phi) is 6.82. The summed E-state index contributed by atoms with van der Waals surface area (Å²) in [5, 5.41) is 5.82. The number of hydrogen-bond donors (Lipinski definition) is 2. The third kappa shape index (κ3) is 5.01. The molecule has 0 saturated heterocycles. The highest BCUT2D eigenvalue weighted by molar-refractivity contribution is 6.00. The first kappa shape index (κ1) is 23.6. The Hall–Kier alpha value is -4.59. The fourth-order valence-corrected chi connectivity index (χ4v) is 3.66. The Morgan fingerprint density at radius 2 is 1.49 bits per heavy atom. The molecule has 1 amide bonds. The van der Waals surface area contributed by atoms with Crippen LogP contribution in [-0.4, -0.2) is 27.3 Å². The van der Waals surface area contributed by atoms with Gasteiger partial charge in [-0.05, 0) is 50.2 Å². The smallest absolute Gasteiger partial charge is 0.341 e. The van der Waals surface area contributed by atoms with Crippen LogP contribution in [0.1, 0.15) is 23.0 Å². The molecule has 1 aromatic heterocycles. The third-order valence-corrected chi connectivity index (χ3v) is 5.66. The van der Waals surface area contributed by atoms with Crippen molar-refractivity contribution in [2.24, 2.45) is 7.05 Å². The largest absolute Gasteiger partial charge is 0.449 e. The number of para-hydroxylation sites is 3. The number of carbonyl (C=O) groups excluding carboxylic acids is 2. The van der Waals surface area contributed by atoms with E-state index in [0.29, 0.717) is 22.6 Å². The van der Waals surface area contributed by atoms with Crippen molar-refractivity contribution in [3.63, 3.8) is 0 Å². The van der Waals surface area contributed by atoms with E-state index in [-0.39, 0.29) is 11.2 Å². The number of hydrogen-bond acceptors (Lipinski definition) is 5. The SMILES string of the molecule is Cc1c(NC(=O)[C@H](C)OC(=O)c2ccccc2Nc2ccccc2)c(=O)n(-c2ccccc2)n1C. The number of ether oxygens (including phenoxy) is 1. The van der Waals surface area contributed by atoms with Gasteiger partial charge in [-0.25, -0.2) is 9.48 Å². The molecule has 4 aromatic rings. The summed E-state index contributed by atoms with van der Waals surface area (Å²) in [6, 6.07) is 25.4. The fraction of sp³-hybridized carbons (Fsp3) is 0.148. The minimum absolute atomic E-state index is 0.135. The number of nitrogens with one attached hydrogen (secondary N) is 2. The van der Waals surface area contributed by atoms with Crippen molar-refractivity contribution in [1.82, 2.24) is 9.36 Å². The summed E-state index contributed by atoms with van der Waals surface area (Å²) in [4.78, 5) is 38.8. The molecule has 0 aliphatic carbocycles. The lowest BCUT2D eigenvalue weighted by molar-refractivity contribution is -0.123. The van der Waals surface area contributed by atoms with E-state index in [1.165, 1.54) is 11.6 Å². The number of benzene rings is 3. The van der Waals surface area contributed by atoms with Crippen LogP contribution in [0.3, 0.4) is 0 Å². The lowest BCUT2D eigenvalue weighted by Gasteiger charge is -2.15. The molecule has 1 atom stereocenters. The van der Waals surface area contributed by atoms with Gasteiger partial charge in [0.1, 0.15) is 5.69 Å². The highest BCUT2D eigenvalue weighted by Crippen LogP contribution is 2.22. The molecule has 2 N–H and O–H groups in total. The second kappa shape index (κ2) is 10.1. The lowest BCUT2D eigenvalue weighted by Crippen LogP contribution is -2.32. The monoisotopic (exact) mass is 470 g/mol. The van der Waals surface area contributed by atoms with Crippen LogP contribution in [-0.2, 0) is 16.6 Å². The topological polar surface area (TPSA) is 94.4 Å². The van der Waals surface area contributed by atoms with E-state index < -0.39 is 18.0 Å². The van der Waals surface area contributed by atoms with Crippen LogP contribution < -0.4 is 16.2 Å². The lowest BCUT2D eigenvalue weighted by atomic mass is 10.1. The number of anilines is 3. The highest BCUT2D eigenvalue weighted by Gasteiger charge is 2.24. The number of esters is 1. The second-order valence-corrected chi connectivity index (χ2v) is 8.01. The first-order valence-corrected chi connectivity index (χ1v) is 11.1. The normalized spacial score (nSPS) is 11.5. The molecule has 178 valence electrons. The van der Waals surface area contributed by atoms with Crippen LogP contribution in [0.15, 0.2) is 89.7 Å². The molecule has 0 aliphatic heterocycles. The summed E-state index contributed by atoms with van der Waals surface area (Å²) in [5.41, 5.74) is 2.66. The molecule has 1 heterocycles. The Balaban J connectivity index is 1.50. The number of amides is 1. The van der Waals surface area contributed by atoms with Crippen molar-refractivity contribution < 1.29 is 14.3 Å². The Labute approximate surface area is 202 Å². The zero-order valence-electron chi connectivity index (χ0n) is 19.7. The van der Waals surface area contributed by atoms with Gasteiger partial charge in [-0.15, -0.1) is 0 Å². The molecule has 0 aliphatic rings. The van der Waals surface area contributed by atoms with Gasteiger partial charge in [0.15, 0.2) is 6.10 Å². The van der Waals surface area contributed by atoms with Crippen LogP contribution >= 0.6 is 0 Å². The molecule has 35 heavy (non-hydrogen) atoms. The average Bonchev–Trinajstić information content (AvgIpc) is 3.08. The van der Waals surface area contributed by atoms with Crippen molar-refractivity contribution in [1.29, 1.82) is 0 Å². The van der Waals surface area contributed by atoms with E-state index in [9.17, 15) is 14.4 Å². The van der Waals surface area contributed by atoms with Gasteiger partial charge in [-0.1, -0.05) is 48.5 Å². The maximum atomic E-state index is 13.0.